The predicted octanol–water partition coefficient (Wildman–Crippen LogP) is 3.12. The van der Waals surface area contributed by atoms with Crippen LogP contribution in [0.2, 0.25) is 0 Å². The second kappa shape index (κ2) is 8.21. The lowest BCUT2D eigenvalue weighted by molar-refractivity contribution is 0.102. The third-order valence-corrected chi connectivity index (χ3v) is 6.40. The Hall–Kier alpha value is -3.30. The van der Waals surface area contributed by atoms with E-state index in [2.05, 4.69) is 5.32 Å². The van der Waals surface area contributed by atoms with E-state index < -0.39 is 10.0 Å². The largest absolute Gasteiger partial charge is 0.486 e. The molecule has 2 heterocycles. The minimum Gasteiger partial charge on any atom is -0.486 e. The molecule has 4 rings (SSSR count). The van der Waals surface area contributed by atoms with Gasteiger partial charge in [0.1, 0.15) is 19.0 Å². The number of amides is 1. The molecule has 0 fully saturated rings. The minimum atomic E-state index is -3.72. The molecule has 0 spiro atoms. The smallest absolute Gasteiger partial charge is 0.255 e. The van der Waals surface area contributed by atoms with Crippen LogP contribution in [-0.2, 0) is 16.6 Å². The van der Waals surface area contributed by atoms with E-state index in [-0.39, 0.29) is 17.3 Å². The van der Waals surface area contributed by atoms with Gasteiger partial charge in [-0.1, -0.05) is 0 Å². The van der Waals surface area contributed by atoms with Crippen LogP contribution < -0.4 is 14.8 Å². The lowest BCUT2D eigenvalue weighted by atomic mass is 10.2. The van der Waals surface area contributed by atoms with Gasteiger partial charge in [0.05, 0.1) is 17.7 Å². The molecule has 8 nitrogen and oxygen atoms in total. The Balaban J connectivity index is 1.45. The Morgan fingerprint density at radius 2 is 1.77 bits per heavy atom. The molecule has 156 valence electrons. The molecule has 9 heteroatoms. The van der Waals surface area contributed by atoms with E-state index in [9.17, 15) is 13.2 Å². The first-order valence-corrected chi connectivity index (χ1v) is 10.7. The third kappa shape index (κ3) is 4.17. The predicted molar refractivity (Wildman–Crippen MR) is 109 cm³/mol. The molecule has 0 saturated carbocycles. The summed E-state index contributed by atoms with van der Waals surface area (Å²) in [6, 6.07) is 14.3. The maximum Gasteiger partial charge on any atom is 0.255 e. The van der Waals surface area contributed by atoms with Crippen LogP contribution >= 0.6 is 0 Å². The van der Waals surface area contributed by atoms with E-state index >= 15 is 0 Å². The van der Waals surface area contributed by atoms with Gasteiger partial charge in [-0.3, -0.25) is 4.79 Å². The Morgan fingerprint density at radius 3 is 2.47 bits per heavy atom. The zero-order valence-electron chi connectivity index (χ0n) is 16.2. The molecule has 3 aromatic rings. The van der Waals surface area contributed by atoms with Crippen molar-refractivity contribution in [1.29, 1.82) is 0 Å². The van der Waals surface area contributed by atoms with Crippen molar-refractivity contribution in [3.8, 4) is 11.5 Å². The first-order valence-electron chi connectivity index (χ1n) is 9.23. The summed E-state index contributed by atoms with van der Waals surface area (Å²) in [5, 5.41) is 2.77. The average Bonchev–Trinajstić information content (AvgIpc) is 3.27. The van der Waals surface area contributed by atoms with E-state index in [4.69, 9.17) is 13.9 Å². The molecule has 0 atom stereocenters. The average molecular weight is 428 g/mol. The van der Waals surface area contributed by atoms with Crippen LogP contribution in [0, 0.1) is 0 Å². The van der Waals surface area contributed by atoms with E-state index in [0.717, 1.165) is 0 Å². The first-order chi connectivity index (χ1) is 14.4. The van der Waals surface area contributed by atoms with Gasteiger partial charge in [0.25, 0.3) is 5.91 Å². The summed E-state index contributed by atoms with van der Waals surface area (Å²) < 4.78 is 42.8. The van der Waals surface area contributed by atoms with Gasteiger partial charge in [-0.15, -0.1) is 0 Å². The molecular formula is C21H20N2O6S. The van der Waals surface area contributed by atoms with Gasteiger partial charge in [0.2, 0.25) is 10.0 Å². The van der Waals surface area contributed by atoms with Crippen LogP contribution in [0.1, 0.15) is 16.1 Å². The lowest BCUT2D eigenvalue weighted by Gasteiger charge is -2.19. The highest BCUT2D eigenvalue weighted by atomic mass is 32.2. The molecule has 0 saturated heterocycles. The van der Waals surface area contributed by atoms with E-state index in [1.54, 1.807) is 30.3 Å². The molecule has 1 aliphatic heterocycles. The summed E-state index contributed by atoms with van der Waals surface area (Å²) in [5.74, 6) is 1.38. The van der Waals surface area contributed by atoms with Crippen molar-refractivity contribution >= 4 is 21.6 Å². The summed E-state index contributed by atoms with van der Waals surface area (Å²) in [4.78, 5) is 12.6. The number of nitrogens with one attached hydrogen (secondary N) is 1. The van der Waals surface area contributed by atoms with Crippen LogP contribution in [0.4, 0.5) is 5.69 Å². The van der Waals surface area contributed by atoms with E-state index in [1.807, 2.05) is 0 Å². The first kappa shape index (κ1) is 20.0. The highest BCUT2D eigenvalue weighted by Gasteiger charge is 2.22. The molecule has 1 aromatic heterocycles. The number of anilines is 1. The van der Waals surface area contributed by atoms with Crippen molar-refractivity contribution in [1.82, 2.24) is 4.31 Å². The Kier molecular flexibility index (Phi) is 5.47. The number of ether oxygens (including phenoxy) is 2. The molecule has 1 amide bonds. The van der Waals surface area contributed by atoms with Gasteiger partial charge in [-0.25, -0.2) is 8.42 Å². The third-order valence-electron chi connectivity index (χ3n) is 4.58. The van der Waals surface area contributed by atoms with Crippen LogP contribution in [0.3, 0.4) is 0 Å². The number of nitrogens with zero attached hydrogens (tertiary/aromatic N) is 1. The Morgan fingerprint density at radius 1 is 1.03 bits per heavy atom. The molecule has 2 aromatic carbocycles. The van der Waals surface area contributed by atoms with Gasteiger partial charge in [-0.05, 0) is 48.5 Å². The Labute approximate surface area is 174 Å². The number of carbonyl (C=O) groups is 1. The highest BCUT2D eigenvalue weighted by molar-refractivity contribution is 7.89. The molecule has 30 heavy (non-hydrogen) atoms. The van der Waals surface area contributed by atoms with E-state index in [1.165, 1.54) is 41.9 Å². The van der Waals surface area contributed by atoms with Crippen LogP contribution in [0.15, 0.2) is 70.2 Å². The number of hydrogen-bond acceptors (Lipinski definition) is 6. The highest BCUT2D eigenvalue weighted by Crippen LogP contribution is 2.32. The van der Waals surface area contributed by atoms with Gasteiger partial charge in [0.15, 0.2) is 11.5 Å². The fourth-order valence-electron chi connectivity index (χ4n) is 2.99. The maximum atomic E-state index is 12.7. The number of carbonyl (C=O) groups excluding carboxylic acids is 1. The normalized spacial score (nSPS) is 13.3. The molecule has 0 aliphatic carbocycles. The van der Waals surface area contributed by atoms with Crippen molar-refractivity contribution < 1.29 is 27.1 Å². The fraction of sp³-hybridized carbons (Fsp3) is 0.190. The zero-order valence-corrected chi connectivity index (χ0v) is 17.0. The minimum absolute atomic E-state index is 0.0902. The maximum absolute atomic E-state index is 12.7. The summed E-state index contributed by atoms with van der Waals surface area (Å²) in [6.45, 7) is 1.06. The van der Waals surface area contributed by atoms with Crippen LogP contribution in [0.5, 0.6) is 11.5 Å². The molecule has 1 aliphatic rings. The number of benzene rings is 2. The standard InChI is InChI=1S/C21H20N2O6S/c1-23(14-17-3-2-10-27-17)30(25,26)18-7-4-15(5-8-18)21(24)22-16-6-9-19-20(13-16)29-12-11-28-19/h2-10,13H,11-12,14H2,1H3,(H,22,24). The van der Waals surface area contributed by atoms with Crippen LogP contribution in [-0.4, -0.2) is 38.9 Å². The molecule has 0 bridgehead atoms. The molecule has 1 N–H and O–H groups in total. The number of hydrogen-bond donors (Lipinski definition) is 1. The second-order valence-electron chi connectivity index (χ2n) is 6.68. The summed E-state index contributed by atoms with van der Waals surface area (Å²) in [7, 11) is -2.24. The van der Waals surface area contributed by atoms with Crippen molar-refractivity contribution in [3.63, 3.8) is 0 Å². The number of furan rings is 1. The number of sulfonamides is 1. The topological polar surface area (TPSA) is 98.1 Å². The van der Waals surface area contributed by atoms with Crippen LogP contribution in [0.25, 0.3) is 0 Å². The monoisotopic (exact) mass is 428 g/mol. The zero-order chi connectivity index (χ0) is 21.1. The second-order valence-corrected chi connectivity index (χ2v) is 8.72. The number of fused-ring (bicyclic) bond motifs is 1. The lowest BCUT2D eigenvalue weighted by Crippen LogP contribution is -2.26. The van der Waals surface area contributed by atoms with E-state index in [0.29, 0.717) is 41.7 Å². The van der Waals surface area contributed by atoms with Gasteiger partial charge < -0.3 is 19.2 Å². The van der Waals surface area contributed by atoms with Gasteiger partial charge in [0, 0.05) is 24.4 Å². The SMILES string of the molecule is CN(Cc1ccco1)S(=O)(=O)c1ccc(C(=O)Nc2ccc3c(c2)OCCO3)cc1. The molecular weight excluding hydrogens is 408 g/mol. The summed E-state index contributed by atoms with van der Waals surface area (Å²) in [5.41, 5.74) is 0.886. The Bertz CT molecular complexity index is 1140. The van der Waals surface area contributed by atoms with Crippen molar-refractivity contribution in [2.75, 3.05) is 25.6 Å². The van der Waals surface area contributed by atoms with Gasteiger partial charge in [-0.2, -0.15) is 4.31 Å². The van der Waals surface area contributed by atoms with Crippen molar-refractivity contribution in [2.45, 2.75) is 11.4 Å². The number of rotatable bonds is 6. The van der Waals surface area contributed by atoms with Crippen molar-refractivity contribution in [3.05, 3.63) is 72.2 Å². The molecule has 0 radical (unpaired) electrons. The van der Waals surface area contributed by atoms with Crippen molar-refractivity contribution in [2.24, 2.45) is 0 Å². The summed E-state index contributed by atoms with van der Waals surface area (Å²) in [6.07, 6.45) is 1.49. The quantitative estimate of drug-likeness (QED) is 0.648. The summed E-state index contributed by atoms with van der Waals surface area (Å²) >= 11 is 0. The van der Waals surface area contributed by atoms with Gasteiger partial charge >= 0.3 is 0 Å². The molecule has 0 unspecified atom stereocenters. The fourth-order valence-corrected chi connectivity index (χ4v) is 4.13.